The largest absolute Gasteiger partial charge is 0.321 e. The van der Waals surface area contributed by atoms with Crippen LogP contribution in [0.15, 0.2) is 29.3 Å². The van der Waals surface area contributed by atoms with Crippen LogP contribution in [0.4, 0.5) is 0 Å². The zero-order chi connectivity index (χ0) is 13.5. The number of carbonyl (C=O) groups is 2. The molecule has 0 aliphatic carbocycles. The highest BCUT2D eigenvalue weighted by Crippen LogP contribution is 2.06. The van der Waals surface area contributed by atoms with Gasteiger partial charge in [-0.2, -0.15) is 0 Å². The van der Waals surface area contributed by atoms with Gasteiger partial charge in [-0.25, -0.2) is 4.99 Å². The summed E-state index contributed by atoms with van der Waals surface area (Å²) in [5.41, 5.74) is 7.63. The number of Topliss-reactive ketones (excluding diaryl/α,β-unsaturated/α-hetero) is 1. The molecule has 4 nitrogen and oxygen atoms in total. The van der Waals surface area contributed by atoms with Gasteiger partial charge in [0.15, 0.2) is 0 Å². The molecule has 1 rings (SSSR count). The summed E-state index contributed by atoms with van der Waals surface area (Å²) in [5, 5.41) is 0. The maximum atomic E-state index is 11.4. The summed E-state index contributed by atoms with van der Waals surface area (Å²) in [4.78, 5) is 25.7. The molecule has 0 aromatic heterocycles. The van der Waals surface area contributed by atoms with E-state index in [0.717, 1.165) is 11.1 Å². The van der Waals surface area contributed by atoms with Crippen LogP contribution in [0.2, 0.25) is 0 Å². The van der Waals surface area contributed by atoms with Crippen LogP contribution in [-0.4, -0.2) is 23.9 Å². The monoisotopic (exact) mass is 246 g/mol. The number of ketones is 1. The van der Waals surface area contributed by atoms with E-state index in [1.54, 1.807) is 0 Å². The molecule has 1 atom stereocenters. The average molecular weight is 246 g/mol. The molecule has 0 spiro atoms. The second kappa shape index (κ2) is 6.81. The van der Waals surface area contributed by atoms with Crippen molar-refractivity contribution in [3.63, 3.8) is 0 Å². The number of rotatable bonds is 5. The standard InChI is InChI=1S/C14H18N2O2/c1-3-14(18)13(15)8-11-4-6-12(7-5-11)9-16-10(2)17/h4-7,9,13H,3,8,15H2,1-2H3. The molecule has 96 valence electrons. The highest BCUT2D eigenvalue weighted by Gasteiger charge is 2.11. The Morgan fingerprint density at radius 3 is 2.44 bits per heavy atom. The minimum atomic E-state index is -0.438. The normalized spacial score (nSPS) is 12.6. The number of amides is 1. The summed E-state index contributed by atoms with van der Waals surface area (Å²) in [6.07, 6.45) is 2.52. The van der Waals surface area contributed by atoms with E-state index in [0.29, 0.717) is 12.8 Å². The van der Waals surface area contributed by atoms with Crippen LogP contribution >= 0.6 is 0 Å². The Balaban J connectivity index is 2.66. The van der Waals surface area contributed by atoms with Crippen molar-refractivity contribution in [2.45, 2.75) is 32.7 Å². The van der Waals surface area contributed by atoms with Gasteiger partial charge in [0, 0.05) is 19.6 Å². The Hall–Kier alpha value is -1.81. The van der Waals surface area contributed by atoms with Gasteiger partial charge in [0.05, 0.1) is 6.04 Å². The molecule has 4 heteroatoms. The Morgan fingerprint density at radius 1 is 1.33 bits per heavy atom. The summed E-state index contributed by atoms with van der Waals surface area (Å²) in [5.74, 6) is -0.160. The first kappa shape index (κ1) is 14.3. The lowest BCUT2D eigenvalue weighted by Gasteiger charge is -2.09. The molecule has 2 N–H and O–H groups in total. The fraction of sp³-hybridized carbons (Fsp3) is 0.357. The van der Waals surface area contributed by atoms with Gasteiger partial charge in [0.25, 0.3) is 0 Å². The van der Waals surface area contributed by atoms with Gasteiger partial charge in [0.1, 0.15) is 5.78 Å². The number of hydrogen-bond acceptors (Lipinski definition) is 3. The van der Waals surface area contributed by atoms with Crippen molar-refractivity contribution in [2.75, 3.05) is 0 Å². The minimum Gasteiger partial charge on any atom is -0.321 e. The summed E-state index contributed by atoms with van der Waals surface area (Å²) in [7, 11) is 0. The van der Waals surface area contributed by atoms with Gasteiger partial charge < -0.3 is 5.73 Å². The lowest BCUT2D eigenvalue weighted by Crippen LogP contribution is -2.32. The molecular weight excluding hydrogens is 228 g/mol. The summed E-state index contributed by atoms with van der Waals surface area (Å²) < 4.78 is 0. The van der Waals surface area contributed by atoms with Crippen LogP contribution in [0.5, 0.6) is 0 Å². The number of nitrogens with zero attached hydrogens (tertiary/aromatic N) is 1. The third-order valence-corrected chi connectivity index (χ3v) is 2.59. The molecule has 0 fully saturated rings. The van der Waals surface area contributed by atoms with E-state index in [1.807, 2.05) is 31.2 Å². The van der Waals surface area contributed by atoms with E-state index in [2.05, 4.69) is 4.99 Å². The van der Waals surface area contributed by atoms with Crippen molar-refractivity contribution in [3.8, 4) is 0 Å². The molecule has 0 aliphatic rings. The molecule has 0 saturated carbocycles. The van der Waals surface area contributed by atoms with Crippen LogP contribution in [0.1, 0.15) is 31.4 Å². The van der Waals surface area contributed by atoms with E-state index in [4.69, 9.17) is 5.73 Å². The molecule has 0 radical (unpaired) electrons. The van der Waals surface area contributed by atoms with Crippen molar-refractivity contribution in [1.29, 1.82) is 0 Å². The SMILES string of the molecule is CCC(=O)C(N)Cc1ccc(C=NC(C)=O)cc1. The first-order valence-corrected chi connectivity index (χ1v) is 5.94. The maximum absolute atomic E-state index is 11.4. The molecule has 0 bridgehead atoms. The van der Waals surface area contributed by atoms with Gasteiger partial charge >= 0.3 is 0 Å². The molecule has 1 unspecified atom stereocenters. The van der Waals surface area contributed by atoms with Crippen LogP contribution < -0.4 is 5.73 Å². The van der Waals surface area contributed by atoms with E-state index >= 15 is 0 Å². The lowest BCUT2D eigenvalue weighted by molar-refractivity contribution is -0.120. The van der Waals surface area contributed by atoms with Crippen molar-refractivity contribution in [1.82, 2.24) is 0 Å². The van der Waals surface area contributed by atoms with E-state index < -0.39 is 6.04 Å². The first-order valence-electron chi connectivity index (χ1n) is 5.94. The number of hydrogen-bond donors (Lipinski definition) is 1. The van der Waals surface area contributed by atoms with Gasteiger partial charge in [-0.05, 0) is 17.5 Å². The van der Waals surface area contributed by atoms with Crippen molar-refractivity contribution < 1.29 is 9.59 Å². The van der Waals surface area contributed by atoms with Gasteiger partial charge in [0.2, 0.25) is 5.91 Å². The Morgan fingerprint density at radius 2 is 1.94 bits per heavy atom. The molecule has 0 saturated heterocycles. The molecular formula is C14H18N2O2. The summed E-state index contributed by atoms with van der Waals surface area (Å²) in [6.45, 7) is 3.21. The highest BCUT2D eigenvalue weighted by molar-refractivity contribution is 5.90. The van der Waals surface area contributed by atoms with E-state index in [1.165, 1.54) is 13.1 Å². The van der Waals surface area contributed by atoms with Crippen LogP contribution in [-0.2, 0) is 16.0 Å². The molecule has 1 aromatic carbocycles. The topological polar surface area (TPSA) is 72.5 Å². The minimum absolute atomic E-state index is 0.0669. The maximum Gasteiger partial charge on any atom is 0.242 e. The zero-order valence-electron chi connectivity index (χ0n) is 10.7. The van der Waals surface area contributed by atoms with Gasteiger partial charge in [-0.15, -0.1) is 0 Å². The summed E-state index contributed by atoms with van der Waals surface area (Å²) in [6, 6.07) is 7.05. The third-order valence-electron chi connectivity index (χ3n) is 2.59. The summed E-state index contributed by atoms with van der Waals surface area (Å²) >= 11 is 0. The lowest BCUT2D eigenvalue weighted by atomic mass is 10.0. The molecule has 1 aromatic rings. The second-order valence-corrected chi connectivity index (χ2v) is 4.15. The fourth-order valence-corrected chi connectivity index (χ4v) is 1.54. The Bertz CT molecular complexity index is 449. The molecule has 0 heterocycles. The smallest absolute Gasteiger partial charge is 0.242 e. The Labute approximate surface area is 107 Å². The number of benzene rings is 1. The number of carbonyl (C=O) groups excluding carboxylic acids is 2. The van der Waals surface area contributed by atoms with Crippen molar-refractivity contribution in [3.05, 3.63) is 35.4 Å². The molecule has 1 amide bonds. The second-order valence-electron chi connectivity index (χ2n) is 4.15. The predicted molar refractivity (Wildman–Crippen MR) is 71.7 cm³/mol. The zero-order valence-corrected chi connectivity index (χ0v) is 10.7. The predicted octanol–water partition coefficient (Wildman–Crippen LogP) is 1.50. The van der Waals surface area contributed by atoms with Gasteiger partial charge in [-0.1, -0.05) is 31.2 Å². The quantitative estimate of drug-likeness (QED) is 0.800. The van der Waals surface area contributed by atoms with Gasteiger partial charge in [-0.3, -0.25) is 9.59 Å². The molecule has 0 aliphatic heterocycles. The van der Waals surface area contributed by atoms with Crippen LogP contribution in [0, 0.1) is 0 Å². The number of nitrogens with two attached hydrogens (primary N) is 1. The van der Waals surface area contributed by atoms with E-state index in [9.17, 15) is 9.59 Å². The third kappa shape index (κ3) is 4.59. The number of aliphatic imine (C=N–C) groups is 1. The van der Waals surface area contributed by atoms with Crippen LogP contribution in [0.3, 0.4) is 0 Å². The fourth-order valence-electron chi connectivity index (χ4n) is 1.54. The van der Waals surface area contributed by atoms with Crippen molar-refractivity contribution >= 4 is 17.9 Å². The highest BCUT2D eigenvalue weighted by atomic mass is 16.1. The average Bonchev–Trinajstić information content (AvgIpc) is 2.36. The molecule has 18 heavy (non-hydrogen) atoms. The first-order chi connectivity index (χ1) is 8.52. The Kier molecular flexibility index (Phi) is 5.39. The van der Waals surface area contributed by atoms with Crippen molar-refractivity contribution in [2.24, 2.45) is 10.7 Å². The van der Waals surface area contributed by atoms with E-state index in [-0.39, 0.29) is 11.7 Å². The van der Waals surface area contributed by atoms with Crippen LogP contribution in [0.25, 0.3) is 0 Å².